The van der Waals surface area contributed by atoms with E-state index in [1.807, 2.05) is 0 Å². The van der Waals surface area contributed by atoms with E-state index >= 15 is 0 Å². The standard InChI is InChI=1S/C11H12F2N2O3S/c1-19-10-7(12)4-6(5-8(10)13)15-11(18)14-3-2-9(16)17/h4-5H,2-3H2,1H3,(H,16,17)(H2,14,15,18). The molecule has 0 spiro atoms. The minimum absolute atomic E-state index is 0.0411. The number of rotatable bonds is 5. The van der Waals surface area contributed by atoms with Gasteiger partial charge < -0.3 is 15.7 Å². The van der Waals surface area contributed by atoms with Crippen LogP contribution in [-0.2, 0) is 4.79 Å². The van der Waals surface area contributed by atoms with Crippen LogP contribution in [0.15, 0.2) is 17.0 Å². The predicted octanol–water partition coefficient (Wildman–Crippen LogP) is 2.28. The van der Waals surface area contributed by atoms with Crippen molar-refractivity contribution >= 4 is 29.4 Å². The van der Waals surface area contributed by atoms with Crippen molar-refractivity contribution in [3.63, 3.8) is 0 Å². The average Bonchev–Trinajstić information content (AvgIpc) is 2.27. The fourth-order valence-electron chi connectivity index (χ4n) is 1.29. The number of carboxylic acid groups (broad SMARTS) is 1. The predicted molar refractivity (Wildman–Crippen MR) is 67.4 cm³/mol. The summed E-state index contributed by atoms with van der Waals surface area (Å²) in [5.74, 6) is -2.59. The van der Waals surface area contributed by atoms with E-state index in [4.69, 9.17) is 5.11 Å². The third kappa shape index (κ3) is 4.74. The highest BCUT2D eigenvalue weighted by Crippen LogP contribution is 2.26. The van der Waals surface area contributed by atoms with E-state index in [2.05, 4.69) is 10.6 Å². The van der Waals surface area contributed by atoms with Gasteiger partial charge >= 0.3 is 12.0 Å². The highest BCUT2D eigenvalue weighted by molar-refractivity contribution is 7.98. The average molecular weight is 290 g/mol. The zero-order valence-corrected chi connectivity index (χ0v) is 10.8. The zero-order valence-electron chi connectivity index (χ0n) is 10.00. The fraction of sp³-hybridized carbons (Fsp3) is 0.273. The number of hydrogen-bond donors (Lipinski definition) is 3. The first-order chi connectivity index (χ1) is 8.93. The van der Waals surface area contributed by atoms with Crippen molar-refractivity contribution in [1.29, 1.82) is 0 Å². The maximum Gasteiger partial charge on any atom is 0.319 e. The number of carbonyl (C=O) groups excluding carboxylic acids is 1. The molecule has 0 unspecified atom stereocenters. The van der Waals surface area contributed by atoms with Crippen molar-refractivity contribution < 1.29 is 23.5 Å². The van der Waals surface area contributed by atoms with E-state index in [-0.39, 0.29) is 23.5 Å². The Bertz CT molecular complexity index is 474. The number of halogens is 2. The second-order valence-electron chi connectivity index (χ2n) is 3.50. The molecule has 104 valence electrons. The number of aliphatic carboxylic acids is 1. The quantitative estimate of drug-likeness (QED) is 0.727. The van der Waals surface area contributed by atoms with Crippen LogP contribution in [0.4, 0.5) is 19.3 Å². The molecule has 1 rings (SSSR count). The van der Waals surface area contributed by atoms with E-state index in [0.717, 1.165) is 23.9 Å². The molecule has 0 aliphatic carbocycles. The molecule has 8 heteroatoms. The summed E-state index contributed by atoms with van der Waals surface area (Å²) in [6.45, 7) is -0.0744. The molecule has 0 saturated heterocycles. The van der Waals surface area contributed by atoms with Crippen LogP contribution in [0.2, 0.25) is 0 Å². The first-order valence-corrected chi connectivity index (χ1v) is 6.46. The Hall–Kier alpha value is -1.83. The maximum atomic E-state index is 13.4. The molecule has 1 aromatic carbocycles. The third-order valence-corrected chi connectivity index (χ3v) is 2.88. The Morgan fingerprint density at radius 3 is 2.37 bits per heavy atom. The number of urea groups is 1. The summed E-state index contributed by atoms with van der Waals surface area (Å²) >= 11 is 0.923. The number of anilines is 1. The zero-order chi connectivity index (χ0) is 14.4. The van der Waals surface area contributed by atoms with E-state index in [0.29, 0.717) is 0 Å². The van der Waals surface area contributed by atoms with Crippen LogP contribution in [0, 0.1) is 11.6 Å². The number of carboxylic acids is 1. The molecule has 0 bridgehead atoms. The number of amides is 2. The lowest BCUT2D eigenvalue weighted by atomic mass is 10.3. The molecule has 0 heterocycles. The van der Waals surface area contributed by atoms with Crippen LogP contribution >= 0.6 is 11.8 Å². The van der Waals surface area contributed by atoms with Crippen molar-refractivity contribution in [3.05, 3.63) is 23.8 Å². The Morgan fingerprint density at radius 2 is 1.89 bits per heavy atom. The molecule has 0 radical (unpaired) electrons. The fourth-order valence-corrected chi connectivity index (χ4v) is 1.79. The normalized spacial score (nSPS) is 10.1. The third-order valence-electron chi connectivity index (χ3n) is 2.08. The van der Waals surface area contributed by atoms with Gasteiger partial charge in [-0.15, -0.1) is 11.8 Å². The molecule has 0 aliphatic heterocycles. The van der Waals surface area contributed by atoms with Crippen LogP contribution in [0.25, 0.3) is 0 Å². The number of thioether (sulfide) groups is 1. The van der Waals surface area contributed by atoms with E-state index in [9.17, 15) is 18.4 Å². The topological polar surface area (TPSA) is 78.4 Å². The summed E-state index contributed by atoms with van der Waals surface area (Å²) in [7, 11) is 0. The van der Waals surface area contributed by atoms with Crippen LogP contribution in [0.1, 0.15) is 6.42 Å². The van der Waals surface area contributed by atoms with Gasteiger partial charge in [-0.05, 0) is 18.4 Å². The lowest BCUT2D eigenvalue weighted by Crippen LogP contribution is -2.30. The molecular weight excluding hydrogens is 278 g/mol. The first kappa shape index (κ1) is 15.2. The summed E-state index contributed by atoms with van der Waals surface area (Å²) in [5, 5.41) is 12.8. The van der Waals surface area contributed by atoms with Gasteiger partial charge in [-0.25, -0.2) is 13.6 Å². The van der Waals surface area contributed by atoms with Gasteiger partial charge in [-0.2, -0.15) is 0 Å². The molecule has 5 nitrogen and oxygen atoms in total. The van der Waals surface area contributed by atoms with Crippen molar-refractivity contribution in [2.24, 2.45) is 0 Å². The molecule has 19 heavy (non-hydrogen) atoms. The Labute approximate surface area is 112 Å². The maximum absolute atomic E-state index is 13.4. The Kier molecular flexibility index (Phi) is 5.56. The summed E-state index contributed by atoms with van der Waals surface area (Å²) in [6, 6.07) is 1.26. The highest BCUT2D eigenvalue weighted by Gasteiger charge is 2.11. The van der Waals surface area contributed by atoms with Crippen molar-refractivity contribution in [3.8, 4) is 0 Å². The molecule has 0 atom stereocenters. The van der Waals surface area contributed by atoms with Gasteiger partial charge in [0, 0.05) is 12.2 Å². The highest BCUT2D eigenvalue weighted by atomic mass is 32.2. The van der Waals surface area contributed by atoms with E-state index in [1.54, 1.807) is 0 Å². The molecular formula is C11H12F2N2O3S. The lowest BCUT2D eigenvalue weighted by molar-refractivity contribution is -0.136. The molecule has 0 aliphatic rings. The molecule has 2 amide bonds. The van der Waals surface area contributed by atoms with Gasteiger partial charge in [0.2, 0.25) is 0 Å². The molecule has 0 fully saturated rings. The molecule has 0 saturated carbocycles. The van der Waals surface area contributed by atoms with Crippen LogP contribution in [0.5, 0.6) is 0 Å². The van der Waals surface area contributed by atoms with Crippen LogP contribution < -0.4 is 10.6 Å². The SMILES string of the molecule is CSc1c(F)cc(NC(=O)NCCC(=O)O)cc1F. The second-order valence-corrected chi connectivity index (χ2v) is 4.31. The van der Waals surface area contributed by atoms with Crippen molar-refractivity contribution in [2.45, 2.75) is 11.3 Å². The molecule has 0 aromatic heterocycles. The van der Waals surface area contributed by atoms with E-state index in [1.165, 1.54) is 6.26 Å². The Morgan fingerprint density at radius 1 is 1.32 bits per heavy atom. The van der Waals surface area contributed by atoms with Gasteiger partial charge in [-0.3, -0.25) is 4.79 Å². The Balaban J connectivity index is 2.62. The number of carbonyl (C=O) groups is 2. The van der Waals surface area contributed by atoms with Gasteiger partial charge in [0.05, 0.1) is 11.3 Å². The summed E-state index contributed by atoms with van der Waals surface area (Å²) < 4.78 is 26.8. The van der Waals surface area contributed by atoms with Crippen LogP contribution in [-0.4, -0.2) is 29.9 Å². The van der Waals surface area contributed by atoms with Gasteiger partial charge in [0.25, 0.3) is 0 Å². The summed E-state index contributed by atoms with van der Waals surface area (Å²) in [5.41, 5.74) is -0.0411. The minimum atomic E-state index is -1.05. The lowest BCUT2D eigenvalue weighted by Gasteiger charge is -2.08. The largest absolute Gasteiger partial charge is 0.481 e. The minimum Gasteiger partial charge on any atom is -0.481 e. The van der Waals surface area contributed by atoms with Gasteiger partial charge in [0.1, 0.15) is 11.6 Å². The molecule has 1 aromatic rings. The monoisotopic (exact) mass is 290 g/mol. The second kappa shape index (κ2) is 6.93. The van der Waals surface area contributed by atoms with Crippen molar-refractivity contribution in [1.82, 2.24) is 5.32 Å². The van der Waals surface area contributed by atoms with Crippen molar-refractivity contribution in [2.75, 3.05) is 18.1 Å². The first-order valence-electron chi connectivity index (χ1n) is 5.23. The summed E-state index contributed by atoms with van der Waals surface area (Å²) in [6.07, 6.45) is 1.30. The van der Waals surface area contributed by atoms with Crippen LogP contribution in [0.3, 0.4) is 0 Å². The number of nitrogens with one attached hydrogen (secondary N) is 2. The van der Waals surface area contributed by atoms with Gasteiger partial charge in [-0.1, -0.05) is 0 Å². The van der Waals surface area contributed by atoms with Gasteiger partial charge in [0.15, 0.2) is 0 Å². The van der Waals surface area contributed by atoms with E-state index < -0.39 is 23.6 Å². The summed E-state index contributed by atoms with van der Waals surface area (Å²) in [4.78, 5) is 21.4. The number of hydrogen-bond acceptors (Lipinski definition) is 3. The molecule has 3 N–H and O–H groups in total. The smallest absolute Gasteiger partial charge is 0.319 e. The number of benzene rings is 1.